The number of rotatable bonds is 6. The zero-order valence-corrected chi connectivity index (χ0v) is 17.2. The highest BCUT2D eigenvalue weighted by Gasteiger charge is 2.35. The second-order valence-electron chi connectivity index (χ2n) is 7.22. The highest BCUT2D eigenvalue weighted by Crippen LogP contribution is 2.33. The van der Waals surface area contributed by atoms with E-state index in [0.29, 0.717) is 23.4 Å². The lowest BCUT2D eigenvalue weighted by molar-refractivity contribution is -0.142. The van der Waals surface area contributed by atoms with E-state index >= 15 is 0 Å². The van der Waals surface area contributed by atoms with Gasteiger partial charge in [0.05, 0.1) is 18.0 Å². The monoisotopic (exact) mass is 439 g/mol. The maximum atomic E-state index is 13.4. The zero-order chi connectivity index (χ0) is 22.7. The molecule has 0 atom stereocenters. The molecular formula is C24H20F3N3O2. The van der Waals surface area contributed by atoms with E-state index in [-0.39, 0.29) is 12.6 Å². The third kappa shape index (κ3) is 4.74. The molecule has 0 N–H and O–H groups in total. The first kappa shape index (κ1) is 21.4. The maximum Gasteiger partial charge on any atom is 0.435 e. The minimum atomic E-state index is -4.56. The van der Waals surface area contributed by atoms with Crippen LogP contribution in [0.5, 0.6) is 0 Å². The number of ether oxygens (including phenoxy) is 1. The van der Waals surface area contributed by atoms with Crippen molar-refractivity contribution in [1.82, 2.24) is 14.3 Å². The molecule has 0 aliphatic rings. The van der Waals surface area contributed by atoms with Crippen molar-refractivity contribution >= 4 is 5.97 Å². The number of benzene rings is 2. The van der Waals surface area contributed by atoms with Crippen LogP contribution in [0.25, 0.3) is 22.6 Å². The Balaban J connectivity index is 1.66. The van der Waals surface area contributed by atoms with Crippen LogP contribution in [0.1, 0.15) is 18.2 Å². The molecule has 0 radical (unpaired) electrons. The number of nitrogens with zero attached hydrogens (tertiary/aromatic N) is 3. The van der Waals surface area contributed by atoms with Crippen LogP contribution in [0.15, 0.2) is 79.1 Å². The quantitative estimate of drug-likeness (QED) is 0.375. The number of halogens is 3. The average Bonchev–Trinajstić information content (AvgIpc) is 3.44. The van der Waals surface area contributed by atoms with Crippen LogP contribution in [-0.2, 0) is 22.1 Å². The molecule has 0 spiro atoms. The molecule has 0 bridgehead atoms. The highest BCUT2D eigenvalue weighted by atomic mass is 19.4. The van der Waals surface area contributed by atoms with Crippen LogP contribution >= 0.6 is 0 Å². The summed E-state index contributed by atoms with van der Waals surface area (Å²) < 4.78 is 48.4. The van der Waals surface area contributed by atoms with Gasteiger partial charge < -0.3 is 9.30 Å². The first-order chi connectivity index (χ1) is 15.3. The topological polar surface area (TPSA) is 49.0 Å². The van der Waals surface area contributed by atoms with Gasteiger partial charge in [-0.05, 0) is 48.0 Å². The molecule has 2 heterocycles. The number of alkyl halides is 3. The minimum Gasteiger partial charge on any atom is -0.466 e. The highest BCUT2D eigenvalue weighted by molar-refractivity contribution is 5.66. The summed E-state index contributed by atoms with van der Waals surface area (Å²) in [6.07, 6.45) is -0.263. The normalized spacial score (nSPS) is 11.5. The number of hydrogen-bond acceptors (Lipinski definition) is 3. The molecule has 0 amide bonds. The molecule has 0 aliphatic carbocycles. The Morgan fingerprint density at radius 2 is 1.59 bits per heavy atom. The molecule has 4 rings (SSSR count). The van der Waals surface area contributed by atoms with Crippen molar-refractivity contribution in [3.8, 4) is 22.6 Å². The van der Waals surface area contributed by atoms with Crippen LogP contribution in [0.3, 0.4) is 0 Å². The van der Waals surface area contributed by atoms with E-state index in [4.69, 9.17) is 4.74 Å². The summed E-state index contributed by atoms with van der Waals surface area (Å²) in [7, 11) is 0. The predicted octanol–water partition coefficient (Wildman–Crippen LogP) is 5.45. The summed E-state index contributed by atoms with van der Waals surface area (Å²) in [6.45, 7) is 1.59. The molecule has 0 fully saturated rings. The van der Waals surface area contributed by atoms with E-state index in [2.05, 4.69) is 5.10 Å². The molecule has 2 aromatic carbocycles. The summed E-state index contributed by atoms with van der Waals surface area (Å²) in [5.74, 6) is -0.354. The fourth-order valence-corrected chi connectivity index (χ4v) is 3.35. The Hall–Kier alpha value is -3.81. The molecular weight excluding hydrogens is 419 g/mol. The lowest BCUT2D eigenvalue weighted by atomic mass is 10.1. The summed E-state index contributed by atoms with van der Waals surface area (Å²) in [5.41, 5.74) is 2.29. The number of aromatic nitrogens is 3. The van der Waals surface area contributed by atoms with E-state index in [1.807, 2.05) is 41.2 Å². The van der Waals surface area contributed by atoms with Gasteiger partial charge in [0.15, 0.2) is 5.69 Å². The van der Waals surface area contributed by atoms with Gasteiger partial charge in [-0.3, -0.25) is 4.79 Å². The van der Waals surface area contributed by atoms with Gasteiger partial charge in [0.2, 0.25) is 0 Å². The van der Waals surface area contributed by atoms with Gasteiger partial charge in [-0.1, -0.05) is 24.3 Å². The number of carbonyl (C=O) groups is 1. The molecule has 4 aromatic rings. The summed E-state index contributed by atoms with van der Waals surface area (Å²) in [5, 5.41) is 3.84. The van der Waals surface area contributed by atoms with E-state index in [0.717, 1.165) is 17.3 Å². The average molecular weight is 439 g/mol. The van der Waals surface area contributed by atoms with E-state index < -0.39 is 11.9 Å². The van der Waals surface area contributed by atoms with E-state index in [1.54, 1.807) is 36.4 Å². The van der Waals surface area contributed by atoms with E-state index in [9.17, 15) is 18.0 Å². The fraction of sp³-hybridized carbons (Fsp3) is 0.167. The van der Waals surface area contributed by atoms with Crippen LogP contribution in [0.4, 0.5) is 13.2 Å². The fourth-order valence-electron chi connectivity index (χ4n) is 3.35. The van der Waals surface area contributed by atoms with Crippen LogP contribution in [0.2, 0.25) is 0 Å². The third-order valence-electron chi connectivity index (χ3n) is 4.94. The van der Waals surface area contributed by atoms with Gasteiger partial charge in [-0.15, -0.1) is 0 Å². The molecule has 0 saturated heterocycles. The number of esters is 1. The second kappa shape index (κ2) is 8.74. The second-order valence-corrected chi connectivity index (χ2v) is 7.22. The van der Waals surface area contributed by atoms with Crippen LogP contribution < -0.4 is 0 Å². The first-order valence-corrected chi connectivity index (χ1v) is 9.95. The smallest absolute Gasteiger partial charge is 0.435 e. The number of carbonyl (C=O) groups excluding carboxylic acids is 1. The van der Waals surface area contributed by atoms with Gasteiger partial charge in [0.25, 0.3) is 0 Å². The third-order valence-corrected chi connectivity index (χ3v) is 4.94. The number of hydrogen-bond donors (Lipinski definition) is 0. The largest absolute Gasteiger partial charge is 0.466 e. The lowest BCUT2D eigenvalue weighted by Crippen LogP contribution is -2.07. The Bertz CT molecular complexity index is 1190. The van der Waals surface area contributed by atoms with Gasteiger partial charge in [0.1, 0.15) is 0 Å². The Morgan fingerprint density at radius 1 is 0.969 bits per heavy atom. The predicted molar refractivity (Wildman–Crippen MR) is 114 cm³/mol. The molecule has 0 aliphatic heterocycles. The molecule has 0 saturated carbocycles. The van der Waals surface area contributed by atoms with Gasteiger partial charge >= 0.3 is 12.1 Å². The lowest BCUT2D eigenvalue weighted by Gasteiger charge is -2.10. The van der Waals surface area contributed by atoms with Crippen molar-refractivity contribution in [2.45, 2.75) is 19.5 Å². The Labute approximate surface area is 182 Å². The SMILES string of the molecule is CC(=O)OCCc1ccc(-c2cc(C(F)(F)F)nn2-c2ccc(-n3cccc3)cc2)cc1. The summed E-state index contributed by atoms with van der Waals surface area (Å²) in [6, 6.07) is 19.0. The van der Waals surface area contributed by atoms with E-state index in [1.165, 1.54) is 11.6 Å². The van der Waals surface area contributed by atoms with Crippen molar-refractivity contribution in [3.63, 3.8) is 0 Å². The molecule has 2 aromatic heterocycles. The van der Waals surface area contributed by atoms with Crippen molar-refractivity contribution < 1.29 is 22.7 Å². The molecule has 164 valence electrons. The van der Waals surface area contributed by atoms with Crippen LogP contribution in [-0.4, -0.2) is 26.9 Å². The van der Waals surface area contributed by atoms with Crippen molar-refractivity contribution in [1.29, 1.82) is 0 Å². The van der Waals surface area contributed by atoms with Crippen molar-refractivity contribution in [2.75, 3.05) is 6.61 Å². The minimum absolute atomic E-state index is 0.249. The van der Waals surface area contributed by atoms with Crippen molar-refractivity contribution in [3.05, 3.63) is 90.4 Å². The van der Waals surface area contributed by atoms with Gasteiger partial charge in [-0.2, -0.15) is 18.3 Å². The Morgan fingerprint density at radius 3 is 2.19 bits per heavy atom. The zero-order valence-electron chi connectivity index (χ0n) is 17.2. The molecule has 32 heavy (non-hydrogen) atoms. The first-order valence-electron chi connectivity index (χ1n) is 9.95. The summed E-state index contributed by atoms with van der Waals surface area (Å²) in [4.78, 5) is 10.9. The van der Waals surface area contributed by atoms with Gasteiger partial charge in [-0.25, -0.2) is 4.68 Å². The molecule has 5 nitrogen and oxygen atoms in total. The van der Waals surface area contributed by atoms with Gasteiger partial charge in [0, 0.05) is 37.0 Å². The molecule has 8 heteroatoms. The summed E-state index contributed by atoms with van der Waals surface area (Å²) >= 11 is 0. The Kier molecular flexibility index (Phi) is 5.85. The van der Waals surface area contributed by atoms with Crippen LogP contribution in [0, 0.1) is 0 Å². The molecule has 0 unspecified atom stereocenters. The maximum absolute atomic E-state index is 13.4. The standard InChI is InChI=1S/C24H20F3N3O2/c1-17(31)32-15-12-18-4-6-19(7-5-18)22-16-23(24(25,26)27)28-30(22)21-10-8-20(9-11-21)29-13-2-3-14-29/h2-11,13-14,16H,12,15H2,1H3. The van der Waals surface area contributed by atoms with Crippen molar-refractivity contribution in [2.24, 2.45) is 0 Å².